The smallest absolute Gasteiger partial charge is 0.214 e. The summed E-state index contributed by atoms with van der Waals surface area (Å²) in [5, 5.41) is 11.8. The number of fused-ring (bicyclic) bond motifs is 1. The van der Waals surface area contributed by atoms with Gasteiger partial charge in [0.2, 0.25) is 5.96 Å². The van der Waals surface area contributed by atoms with E-state index in [1.54, 1.807) is 5.01 Å². The minimum Gasteiger partial charge on any atom is -0.353 e. The van der Waals surface area contributed by atoms with Gasteiger partial charge in [0, 0.05) is 13.6 Å². The van der Waals surface area contributed by atoms with Crippen molar-refractivity contribution in [2.45, 2.75) is 0 Å². The molecule has 0 radical (unpaired) electrons. The van der Waals surface area contributed by atoms with Gasteiger partial charge in [-0.05, 0) is 22.4 Å². The maximum Gasteiger partial charge on any atom is 0.214 e. The Hall–Kier alpha value is -2.36. The van der Waals surface area contributed by atoms with Crippen LogP contribution in [0.25, 0.3) is 10.8 Å². The Kier molecular flexibility index (Phi) is 3.14. The summed E-state index contributed by atoms with van der Waals surface area (Å²) in [7, 11) is 1.90. The van der Waals surface area contributed by atoms with Gasteiger partial charge >= 0.3 is 0 Å². The number of guanidine groups is 1. The van der Waals surface area contributed by atoms with E-state index >= 15 is 0 Å². The average Bonchev–Trinajstić information content (AvgIpc) is 2.99. The molecule has 0 unspecified atom stereocenters. The molecule has 1 aliphatic heterocycles. The van der Waals surface area contributed by atoms with Gasteiger partial charge < -0.3 is 5.32 Å². The molecule has 2 aromatic carbocycles. The van der Waals surface area contributed by atoms with E-state index in [9.17, 15) is 0 Å². The zero-order chi connectivity index (χ0) is 13.1. The molecule has 0 saturated carbocycles. The van der Waals surface area contributed by atoms with E-state index in [1.165, 1.54) is 10.8 Å². The van der Waals surface area contributed by atoms with Crippen LogP contribution in [0.15, 0.2) is 52.6 Å². The summed E-state index contributed by atoms with van der Waals surface area (Å²) < 4.78 is 0. The molecule has 2 aromatic rings. The summed E-state index contributed by atoms with van der Waals surface area (Å²) in [6.45, 7) is 1.72. The number of nitrogens with one attached hydrogen (secondary N) is 1. The Morgan fingerprint density at radius 1 is 1.21 bits per heavy atom. The first-order valence-electron chi connectivity index (χ1n) is 6.38. The van der Waals surface area contributed by atoms with Crippen LogP contribution in [0.1, 0.15) is 5.56 Å². The molecule has 0 amide bonds. The van der Waals surface area contributed by atoms with Crippen LogP contribution in [0, 0.1) is 0 Å². The normalized spacial score (nSPS) is 14.7. The Morgan fingerprint density at radius 2 is 2.05 bits per heavy atom. The molecule has 3 rings (SSSR count). The van der Waals surface area contributed by atoms with Crippen LogP contribution in [0.3, 0.4) is 0 Å². The van der Waals surface area contributed by atoms with E-state index in [4.69, 9.17) is 0 Å². The van der Waals surface area contributed by atoms with Crippen LogP contribution in [-0.4, -0.2) is 37.3 Å². The highest BCUT2D eigenvalue weighted by Gasteiger charge is 2.08. The first kappa shape index (κ1) is 11.7. The highest BCUT2D eigenvalue weighted by atomic mass is 15.5. The summed E-state index contributed by atoms with van der Waals surface area (Å²) >= 11 is 0. The Labute approximate surface area is 112 Å². The molecule has 0 aliphatic carbocycles. The minimum atomic E-state index is 0.825. The standard InChI is InChI=1S/C15H16N4/c1-19(15-16-8-9-17-15)18-11-12-6-7-13-4-2-3-5-14(13)10-12/h2-7,10-11H,8-9H2,1H3,(H,16,17)/b18-11+. The maximum absolute atomic E-state index is 4.40. The van der Waals surface area contributed by atoms with E-state index in [0.717, 1.165) is 24.6 Å². The molecule has 1 heterocycles. The Bertz CT molecular complexity index is 645. The van der Waals surface area contributed by atoms with Crippen LogP contribution >= 0.6 is 0 Å². The highest BCUT2D eigenvalue weighted by molar-refractivity contribution is 5.91. The molecule has 19 heavy (non-hydrogen) atoms. The Balaban J connectivity index is 1.80. The van der Waals surface area contributed by atoms with E-state index < -0.39 is 0 Å². The third-order valence-corrected chi connectivity index (χ3v) is 3.12. The second kappa shape index (κ2) is 5.10. The second-order valence-electron chi connectivity index (χ2n) is 4.51. The molecule has 4 heteroatoms. The average molecular weight is 252 g/mol. The molecule has 0 aromatic heterocycles. The number of rotatable bonds is 2. The van der Waals surface area contributed by atoms with E-state index in [0.29, 0.717) is 0 Å². The first-order chi connectivity index (χ1) is 9.33. The van der Waals surface area contributed by atoms with Gasteiger partial charge in [0.15, 0.2) is 0 Å². The van der Waals surface area contributed by atoms with Crippen LogP contribution < -0.4 is 5.32 Å². The van der Waals surface area contributed by atoms with Crippen LogP contribution in [0.4, 0.5) is 0 Å². The number of benzene rings is 2. The fourth-order valence-corrected chi connectivity index (χ4v) is 2.10. The topological polar surface area (TPSA) is 40.0 Å². The summed E-state index contributed by atoms with van der Waals surface area (Å²) in [4.78, 5) is 4.32. The molecule has 0 spiro atoms. The number of nitrogens with zero attached hydrogens (tertiary/aromatic N) is 3. The van der Waals surface area contributed by atoms with Crippen molar-refractivity contribution in [3.63, 3.8) is 0 Å². The molecule has 1 aliphatic rings. The van der Waals surface area contributed by atoms with Gasteiger partial charge in [0.05, 0.1) is 12.8 Å². The number of aliphatic imine (C=N–C) groups is 1. The Morgan fingerprint density at radius 3 is 2.84 bits per heavy atom. The summed E-state index contributed by atoms with van der Waals surface area (Å²) in [6, 6.07) is 14.6. The van der Waals surface area contributed by atoms with E-state index in [1.807, 2.05) is 25.4 Å². The van der Waals surface area contributed by atoms with Crippen molar-refractivity contribution in [3.05, 3.63) is 48.0 Å². The van der Waals surface area contributed by atoms with E-state index in [-0.39, 0.29) is 0 Å². The van der Waals surface area contributed by atoms with Gasteiger partial charge in [-0.25, -0.2) is 10.0 Å². The SMILES string of the molecule is CN(/N=C/c1ccc2ccccc2c1)C1=NCCN1. The fourth-order valence-electron chi connectivity index (χ4n) is 2.10. The van der Waals surface area contributed by atoms with Gasteiger partial charge in [0.25, 0.3) is 0 Å². The third-order valence-electron chi connectivity index (χ3n) is 3.12. The van der Waals surface area contributed by atoms with Gasteiger partial charge in [-0.3, -0.25) is 0 Å². The van der Waals surface area contributed by atoms with Crippen molar-refractivity contribution in [2.75, 3.05) is 20.1 Å². The number of hydrogen-bond donors (Lipinski definition) is 1. The predicted molar refractivity (Wildman–Crippen MR) is 79.6 cm³/mol. The van der Waals surface area contributed by atoms with Gasteiger partial charge in [-0.15, -0.1) is 0 Å². The van der Waals surface area contributed by atoms with Crippen molar-refractivity contribution in [2.24, 2.45) is 10.1 Å². The largest absolute Gasteiger partial charge is 0.353 e. The molecular formula is C15H16N4. The monoisotopic (exact) mass is 252 g/mol. The molecular weight excluding hydrogens is 236 g/mol. The quantitative estimate of drug-likeness (QED) is 0.656. The number of hydrazone groups is 1. The molecule has 0 fully saturated rings. The molecule has 0 bridgehead atoms. The van der Waals surface area contributed by atoms with Crippen LogP contribution in [0.2, 0.25) is 0 Å². The lowest BCUT2D eigenvalue weighted by Gasteiger charge is -2.12. The number of hydrogen-bond acceptors (Lipinski definition) is 4. The lowest BCUT2D eigenvalue weighted by Crippen LogP contribution is -2.32. The molecule has 0 saturated heterocycles. The predicted octanol–water partition coefficient (Wildman–Crippen LogP) is 2.06. The zero-order valence-corrected chi connectivity index (χ0v) is 10.9. The fraction of sp³-hybridized carbons (Fsp3) is 0.200. The zero-order valence-electron chi connectivity index (χ0n) is 10.9. The maximum atomic E-state index is 4.40. The third kappa shape index (κ3) is 2.57. The van der Waals surface area contributed by atoms with E-state index in [2.05, 4.69) is 45.7 Å². The molecule has 0 atom stereocenters. The summed E-state index contributed by atoms with van der Waals surface area (Å²) in [5.74, 6) is 0.831. The summed E-state index contributed by atoms with van der Waals surface area (Å²) in [5.41, 5.74) is 1.09. The van der Waals surface area contributed by atoms with Crippen molar-refractivity contribution in [1.29, 1.82) is 0 Å². The highest BCUT2D eigenvalue weighted by Crippen LogP contribution is 2.14. The van der Waals surface area contributed by atoms with Crippen molar-refractivity contribution in [1.82, 2.24) is 10.3 Å². The molecule has 4 nitrogen and oxygen atoms in total. The van der Waals surface area contributed by atoms with Crippen LogP contribution in [0.5, 0.6) is 0 Å². The lowest BCUT2D eigenvalue weighted by molar-refractivity contribution is 0.531. The van der Waals surface area contributed by atoms with Crippen LogP contribution in [-0.2, 0) is 0 Å². The van der Waals surface area contributed by atoms with Crippen molar-refractivity contribution >= 4 is 22.9 Å². The van der Waals surface area contributed by atoms with Gasteiger partial charge in [0.1, 0.15) is 0 Å². The van der Waals surface area contributed by atoms with Gasteiger partial charge in [-0.2, -0.15) is 5.10 Å². The second-order valence-corrected chi connectivity index (χ2v) is 4.51. The van der Waals surface area contributed by atoms with Crippen molar-refractivity contribution in [3.8, 4) is 0 Å². The van der Waals surface area contributed by atoms with Crippen molar-refractivity contribution < 1.29 is 0 Å². The summed E-state index contributed by atoms with van der Waals surface area (Å²) in [6.07, 6.45) is 1.86. The lowest BCUT2D eigenvalue weighted by atomic mass is 10.1. The molecule has 1 N–H and O–H groups in total. The first-order valence-corrected chi connectivity index (χ1v) is 6.38. The molecule has 96 valence electrons. The minimum absolute atomic E-state index is 0.825. The van der Waals surface area contributed by atoms with Gasteiger partial charge in [-0.1, -0.05) is 36.4 Å².